The minimum atomic E-state index is -0.263. The van der Waals surface area contributed by atoms with Crippen LogP contribution in [-0.4, -0.2) is 42.2 Å². The second kappa shape index (κ2) is 11.0. The van der Waals surface area contributed by atoms with Gasteiger partial charge in [-0.15, -0.1) is 0 Å². The number of hydrogen-bond donors (Lipinski definition) is 1. The van der Waals surface area contributed by atoms with Crippen LogP contribution >= 0.6 is 0 Å². The molecule has 0 atom stereocenters. The van der Waals surface area contributed by atoms with E-state index < -0.39 is 0 Å². The van der Waals surface area contributed by atoms with Crippen LogP contribution in [-0.2, 0) is 9.59 Å². The van der Waals surface area contributed by atoms with Gasteiger partial charge in [0, 0.05) is 24.2 Å². The van der Waals surface area contributed by atoms with Gasteiger partial charge in [-0.05, 0) is 49.2 Å². The number of ketones is 1. The minimum Gasteiger partial charge on any atom is -0.484 e. The molecule has 0 radical (unpaired) electrons. The van der Waals surface area contributed by atoms with E-state index in [4.69, 9.17) is 4.74 Å². The lowest BCUT2D eigenvalue weighted by Gasteiger charge is -2.22. The first kappa shape index (κ1) is 22.1. The molecule has 1 N–H and O–H groups in total. The summed E-state index contributed by atoms with van der Waals surface area (Å²) in [5, 5.41) is 2.84. The third-order valence-corrected chi connectivity index (χ3v) is 4.46. The van der Waals surface area contributed by atoms with Crippen molar-refractivity contribution in [2.24, 2.45) is 0 Å². The number of benzene rings is 2. The first-order valence-electron chi connectivity index (χ1n) is 9.83. The zero-order valence-electron chi connectivity index (χ0n) is 17.2. The highest BCUT2D eigenvalue weighted by Crippen LogP contribution is 2.15. The molecule has 0 heterocycles. The normalized spacial score (nSPS) is 10.3. The van der Waals surface area contributed by atoms with Gasteiger partial charge < -0.3 is 15.0 Å². The van der Waals surface area contributed by atoms with Gasteiger partial charge in [-0.1, -0.05) is 32.0 Å². The lowest BCUT2D eigenvalue weighted by molar-refractivity contribution is -0.136. The van der Waals surface area contributed by atoms with Gasteiger partial charge >= 0.3 is 0 Å². The minimum absolute atomic E-state index is 0.0334. The molecule has 2 aromatic rings. The summed E-state index contributed by atoms with van der Waals surface area (Å²) in [6, 6.07) is 14.2. The van der Waals surface area contributed by atoms with Crippen LogP contribution < -0.4 is 10.1 Å². The van der Waals surface area contributed by atoms with Gasteiger partial charge in [0.15, 0.2) is 12.4 Å². The quantitative estimate of drug-likeness (QED) is 0.619. The van der Waals surface area contributed by atoms with Crippen molar-refractivity contribution in [1.82, 2.24) is 4.90 Å². The molecular formula is C23H28N2O4. The molecule has 2 aromatic carbocycles. The van der Waals surface area contributed by atoms with E-state index in [-0.39, 0.29) is 30.7 Å². The Bertz CT molecular complexity index is 846. The molecule has 2 amide bonds. The summed E-state index contributed by atoms with van der Waals surface area (Å²) in [7, 11) is 0. The number of ether oxygens (including phenoxy) is 1. The molecule has 0 fully saturated rings. The Balaban J connectivity index is 1.92. The maximum absolute atomic E-state index is 12.5. The van der Waals surface area contributed by atoms with Crippen LogP contribution in [0.5, 0.6) is 5.75 Å². The zero-order valence-corrected chi connectivity index (χ0v) is 17.2. The fourth-order valence-corrected chi connectivity index (χ4v) is 2.82. The lowest BCUT2D eigenvalue weighted by atomic mass is 10.1. The number of anilines is 1. The summed E-state index contributed by atoms with van der Waals surface area (Å²) in [6.07, 6.45) is 1.17. The highest BCUT2D eigenvalue weighted by molar-refractivity contribution is 5.96. The molecule has 6 nitrogen and oxygen atoms in total. The van der Waals surface area contributed by atoms with Crippen molar-refractivity contribution in [2.75, 3.05) is 25.0 Å². The van der Waals surface area contributed by atoms with Crippen molar-refractivity contribution in [3.8, 4) is 5.75 Å². The molecule has 0 bridgehead atoms. The second-order valence-corrected chi connectivity index (χ2v) is 6.77. The summed E-state index contributed by atoms with van der Waals surface area (Å²) in [6.45, 7) is 5.94. The van der Waals surface area contributed by atoms with Gasteiger partial charge in [0.25, 0.3) is 5.91 Å². The Morgan fingerprint density at radius 3 is 2.31 bits per heavy atom. The number of Topliss-reactive ketones (excluding diaryl/α,β-unsaturated/α-hetero) is 1. The summed E-state index contributed by atoms with van der Waals surface area (Å²) < 4.78 is 5.55. The van der Waals surface area contributed by atoms with Crippen LogP contribution in [0.25, 0.3) is 0 Å². The highest BCUT2D eigenvalue weighted by Gasteiger charge is 2.17. The van der Waals surface area contributed by atoms with Crippen molar-refractivity contribution >= 4 is 23.3 Å². The van der Waals surface area contributed by atoms with E-state index in [0.29, 0.717) is 24.3 Å². The number of carbonyl (C=O) groups is 3. The van der Waals surface area contributed by atoms with Crippen LogP contribution in [0, 0.1) is 6.92 Å². The number of aryl methyl sites for hydroxylation is 1. The van der Waals surface area contributed by atoms with Crippen molar-refractivity contribution in [1.29, 1.82) is 0 Å². The maximum Gasteiger partial charge on any atom is 0.260 e. The van der Waals surface area contributed by atoms with Crippen molar-refractivity contribution in [2.45, 2.75) is 33.6 Å². The Morgan fingerprint density at radius 1 is 1.00 bits per heavy atom. The number of amides is 2. The second-order valence-electron chi connectivity index (χ2n) is 6.77. The van der Waals surface area contributed by atoms with Crippen LogP contribution in [0.15, 0.2) is 48.5 Å². The number of carbonyl (C=O) groups excluding carboxylic acids is 3. The van der Waals surface area contributed by atoms with Gasteiger partial charge in [0.05, 0.1) is 6.54 Å². The predicted molar refractivity (Wildman–Crippen MR) is 113 cm³/mol. The number of nitrogens with one attached hydrogen (secondary N) is 1. The molecule has 29 heavy (non-hydrogen) atoms. The van der Waals surface area contributed by atoms with Crippen LogP contribution in [0.2, 0.25) is 0 Å². The molecular weight excluding hydrogens is 368 g/mol. The van der Waals surface area contributed by atoms with E-state index in [1.54, 1.807) is 24.3 Å². The van der Waals surface area contributed by atoms with Crippen LogP contribution in [0.1, 0.15) is 42.6 Å². The largest absolute Gasteiger partial charge is 0.484 e. The van der Waals surface area contributed by atoms with Crippen molar-refractivity contribution in [3.05, 3.63) is 59.7 Å². The maximum atomic E-state index is 12.5. The van der Waals surface area contributed by atoms with Gasteiger partial charge in [-0.3, -0.25) is 14.4 Å². The van der Waals surface area contributed by atoms with E-state index in [1.165, 1.54) is 4.90 Å². The van der Waals surface area contributed by atoms with E-state index in [9.17, 15) is 14.4 Å². The smallest absolute Gasteiger partial charge is 0.260 e. The van der Waals surface area contributed by atoms with E-state index in [0.717, 1.165) is 17.7 Å². The average Bonchev–Trinajstić information content (AvgIpc) is 2.73. The molecule has 6 heteroatoms. The van der Waals surface area contributed by atoms with Gasteiger partial charge in [-0.25, -0.2) is 0 Å². The summed E-state index contributed by atoms with van der Waals surface area (Å²) in [5.74, 6) is 0.0530. The molecule has 0 aliphatic carbocycles. The highest BCUT2D eigenvalue weighted by atomic mass is 16.5. The average molecular weight is 396 g/mol. The monoisotopic (exact) mass is 396 g/mol. The molecule has 0 saturated heterocycles. The third-order valence-electron chi connectivity index (χ3n) is 4.46. The van der Waals surface area contributed by atoms with E-state index >= 15 is 0 Å². The molecule has 154 valence electrons. The zero-order chi connectivity index (χ0) is 21.2. The molecule has 2 rings (SSSR count). The van der Waals surface area contributed by atoms with Crippen molar-refractivity contribution < 1.29 is 19.1 Å². The van der Waals surface area contributed by atoms with Crippen LogP contribution in [0.3, 0.4) is 0 Å². The number of nitrogens with zero attached hydrogens (tertiary/aromatic N) is 1. The fourth-order valence-electron chi connectivity index (χ4n) is 2.82. The molecule has 0 aliphatic heterocycles. The van der Waals surface area contributed by atoms with Gasteiger partial charge in [0.1, 0.15) is 5.75 Å². The molecule has 0 unspecified atom stereocenters. The Hall–Kier alpha value is -3.15. The standard InChI is InChI=1S/C23H28N2O4/c1-4-14-25(15-22(27)24-20-9-7-6-8-17(20)3)23(28)16-29-19-12-10-18(11-13-19)21(26)5-2/h6-13H,4-5,14-16H2,1-3H3,(H,24,27). The lowest BCUT2D eigenvalue weighted by Crippen LogP contribution is -2.41. The number of rotatable bonds is 10. The molecule has 0 saturated carbocycles. The van der Waals surface area contributed by atoms with Crippen LogP contribution in [0.4, 0.5) is 5.69 Å². The van der Waals surface area contributed by atoms with Gasteiger partial charge in [0.2, 0.25) is 5.91 Å². The molecule has 0 spiro atoms. The first-order valence-corrected chi connectivity index (χ1v) is 9.83. The number of hydrogen-bond acceptors (Lipinski definition) is 4. The van der Waals surface area contributed by atoms with E-state index in [1.807, 2.05) is 45.0 Å². The predicted octanol–water partition coefficient (Wildman–Crippen LogP) is 3.84. The first-order chi connectivity index (χ1) is 13.9. The fraction of sp³-hybridized carbons (Fsp3) is 0.348. The summed E-state index contributed by atoms with van der Waals surface area (Å²) >= 11 is 0. The van der Waals surface area contributed by atoms with Crippen molar-refractivity contribution in [3.63, 3.8) is 0 Å². The van der Waals surface area contributed by atoms with E-state index in [2.05, 4.69) is 5.32 Å². The summed E-state index contributed by atoms with van der Waals surface area (Å²) in [4.78, 5) is 38.1. The Labute approximate surface area is 171 Å². The topological polar surface area (TPSA) is 75.7 Å². The SMILES string of the molecule is CCCN(CC(=O)Nc1ccccc1C)C(=O)COc1ccc(C(=O)CC)cc1. The number of para-hydroxylation sites is 1. The molecule has 0 aromatic heterocycles. The molecule has 0 aliphatic rings. The Kier molecular flexibility index (Phi) is 8.40. The summed E-state index contributed by atoms with van der Waals surface area (Å²) in [5.41, 5.74) is 2.31. The third kappa shape index (κ3) is 6.75. The Morgan fingerprint density at radius 2 is 1.69 bits per heavy atom. The van der Waals surface area contributed by atoms with Gasteiger partial charge in [-0.2, -0.15) is 0 Å².